The van der Waals surface area contributed by atoms with Gasteiger partial charge in [-0.05, 0) is 49.7 Å². The van der Waals surface area contributed by atoms with Gasteiger partial charge in [-0.1, -0.05) is 42.0 Å². The summed E-state index contributed by atoms with van der Waals surface area (Å²) in [5.74, 6) is -2.90. The minimum atomic E-state index is -4.90. The number of benzene rings is 1. The van der Waals surface area contributed by atoms with Crippen molar-refractivity contribution in [3.8, 4) is 0 Å². The number of nitrogens with zero attached hydrogens (tertiary/aromatic N) is 1. The SMILES string of the molecule is O=C(Nc1cccc2c1C(=O)N(CC1CCC(CNC(=O)C(F)(F)F)CC1)C2O)C1=CC(Cl)=CCC1=S. The minimum absolute atomic E-state index is 0.0409. The van der Waals surface area contributed by atoms with Crippen LogP contribution in [0.2, 0.25) is 0 Å². The van der Waals surface area contributed by atoms with E-state index in [1.807, 2.05) is 5.32 Å². The zero-order valence-corrected chi connectivity index (χ0v) is 21.2. The molecule has 0 aromatic heterocycles. The molecule has 0 radical (unpaired) electrons. The van der Waals surface area contributed by atoms with Gasteiger partial charge in [-0.3, -0.25) is 14.4 Å². The van der Waals surface area contributed by atoms with Gasteiger partial charge in [-0.2, -0.15) is 13.2 Å². The fourth-order valence-corrected chi connectivity index (χ4v) is 5.35. The number of halogens is 4. The first-order valence-electron chi connectivity index (χ1n) is 11.8. The average molecular weight is 556 g/mol. The molecule has 12 heteroatoms. The Hall–Kier alpha value is -2.76. The molecular formula is C25H25ClF3N3O4S. The van der Waals surface area contributed by atoms with Gasteiger partial charge in [-0.15, -0.1) is 0 Å². The molecular weight excluding hydrogens is 531 g/mol. The van der Waals surface area contributed by atoms with Crippen LogP contribution >= 0.6 is 23.8 Å². The number of anilines is 1. The number of aliphatic hydroxyl groups is 1. The molecule has 4 rings (SSSR count). The number of aliphatic hydroxyl groups excluding tert-OH is 1. The molecule has 2 aliphatic carbocycles. The molecule has 1 atom stereocenters. The summed E-state index contributed by atoms with van der Waals surface area (Å²) in [6.07, 6.45) is -0.0722. The number of nitrogens with one attached hydrogen (secondary N) is 2. The Morgan fingerprint density at radius 2 is 1.84 bits per heavy atom. The van der Waals surface area contributed by atoms with E-state index in [1.54, 1.807) is 24.3 Å². The second-order valence-electron chi connectivity index (χ2n) is 9.42. The van der Waals surface area contributed by atoms with E-state index in [-0.39, 0.29) is 41.7 Å². The first kappa shape index (κ1) is 27.3. The van der Waals surface area contributed by atoms with Gasteiger partial charge in [0.2, 0.25) is 0 Å². The molecule has 1 aliphatic heterocycles. The highest BCUT2D eigenvalue weighted by molar-refractivity contribution is 7.81. The van der Waals surface area contributed by atoms with E-state index in [4.69, 9.17) is 23.8 Å². The van der Waals surface area contributed by atoms with Crippen LogP contribution in [-0.2, 0) is 9.59 Å². The van der Waals surface area contributed by atoms with Crippen LogP contribution in [-0.4, -0.2) is 51.9 Å². The number of fused-ring (bicyclic) bond motifs is 1. The molecule has 3 aliphatic rings. The summed E-state index contributed by atoms with van der Waals surface area (Å²) in [4.78, 5) is 39.0. The molecule has 1 aromatic carbocycles. The van der Waals surface area contributed by atoms with Crippen molar-refractivity contribution >= 4 is 52.1 Å². The number of carbonyl (C=O) groups excluding carboxylic acids is 3. The maximum absolute atomic E-state index is 13.3. The summed E-state index contributed by atoms with van der Waals surface area (Å²) in [5, 5.41) is 15.9. The van der Waals surface area contributed by atoms with Crippen LogP contribution in [0, 0.1) is 11.8 Å². The predicted molar refractivity (Wildman–Crippen MR) is 135 cm³/mol. The van der Waals surface area contributed by atoms with Crippen molar-refractivity contribution in [1.82, 2.24) is 10.2 Å². The van der Waals surface area contributed by atoms with Crippen molar-refractivity contribution in [2.75, 3.05) is 18.4 Å². The van der Waals surface area contributed by atoms with Crippen molar-refractivity contribution < 1.29 is 32.7 Å². The minimum Gasteiger partial charge on any atom is -0.369 e. The van der Waals surface area contributed by atoms with E-state index in [1.165, 1.54) is 11.0 Å². The number of alkyl halides is 3. The largest absolute Gasteiger partial charge is 0.471 e. The lowest BCUT2D eigenvalue weighted by molar-refractivity contribution is -0.173. The second-order valence-corrected chi connectivity index (χ2v) is 10.4. The fourth-order valence-electron chi connectivity index (χ4n) is 4.93. The van der Waals surface area contributed by atoms with Gasteiger partial charge in [0.15, 0.2) is 6.23 Å². The summed E-state index contributed by atoms with van der Waals surface area (Å²) in [5.41, 5.74) is 1.08. The number of allylic oxidation sites excluding steroid dienone is 3. The smallest absolute Gasteiger partial charge is 0.369 e. The molecule has 0 bridgehead atoms. The highest BCUT2D eigenvalue weighted by atomic mass is 35.5. The zero-order chi connectivity index (χ0) is 26.9. The molecule has 3 amide bonds. The van der Waals surface area contributed by atoms with Crippen molar-refractivity contribution in [3.05, 3.63) is 52.1 Å². The van der Waals surface area contributed by atoms with E-state index in [0.29, 0.717) is 47.6 Å². The molecule has 1 aromatic rings. The van der Waals surface area contributed by atoms with Gasteiger partial charge < -0.3 is 20.6 Å². The summed E-state index contributed by atoms with van der Waals surface area (Å²) >= 11 is 11.3. The first-order valence-corrected chi connectivity index (χ1v) is 12.6. The standard InChI is InChI=1S/C25H25ClF3N3O4S/c26-15-8-9-19(37)17(10-15)21(33)31-18-3-1-2-16-20(18)23(35)32(22(16)34)12-14-6-4-13(5-7-14)11-30-24(36)25(27,28)29/h1-3,8,10,13-14,22,34H,4-7,9,11-12H2,(H,30,36)(H,31,33). The maximum atomic E-state index is 13.3. The van der Waals surface area contributed by atoms with E-state index < -0.39 is 30.1 Å². The Kier molecular flexibility index (Phi) is 8.05. The molecule has 7 nitrogen and oxygen atoms in total. The van der Waals surface area contributed by atoms with Gasteiger partial charge in [0.05, 0.1) is 16.8 Å². The summed E-state index contributed by atoms with van der Waals surface area (Å²) in [6.45, 7) is 0.213. The number of amides is 3. The maximum Gasteiger partial charge on any atom is 0.471 e. The quantitative estimate of drug-likeness (QED) is 0.453. The van der Waals surface area contributed by atoms with E-state index in [0.717, 1.165) is 0 Å². The third-order valence-electron chi connectivity index (χ3n) is 6.93. The molecule has 1 fully saturated rings. The fraction of sp³-hybridized carbons (Fsp3) is 0.440. The summed E-state index contributed by atoms with van der Waals surface area (Å²) in [7, 11) is 0. The molecule has 1 saturated carbocycles. The van der Waals surface area contributed by atoms with Crippen LogP contribution in [0.15, 0.2) is 41.0 Å². The molecule has 1 unspecified atom stereocenters. The van der Waals surface area contributed by atoms with Crippen LogP contribution in [0.1, 0.15) is 54.3 Å². The zero-order valence-electron chi connectivity index (χ0n) is 19.6. The van der Waals surface area contributed by atoms with E-state index in [9.17, 15) is 32.7 Å². The molecule has 0 spiro atoms. The van der Waals surface area contributed by atoms with E-state index >= 15 is 0 Å². The Labute approximate surface area is 221 Å². The first-order chi connectivity index (χ1) is 17.5. The molecule has 3 N–H and O–H groups in total. The van der Waals surface area contributed by atoms with Crippen molar-refractivity contribution in [1.29, 1.82) is 0 Å². The number of thiocarbonyl (C=S) groups is 1. The Morgan fingerprint density at radius 3 is 2.51 bits per heavy atom. The highest BCUT2D eigenvalue weighted by Gasteiger charge is 2.40. The molecule has 198 valence electrons. The number of carbonyl (C=O) groups is 3. The van der Waals surface area contributed by atoms with Crippen molar-refractivity contribution in [2.24, 2.45) is 11.8 Å². The van der Waals surface area contributed by atoms with Crippen LogP contribution in [0.3, 0.4) is 0 Å². The van der Waals surface area contributed by atoms with Crippen LogP contribution in [0.4, 0.5) is 18.9 Å². The number of hydrogen-bond acceptors (Lipinski definition) is 5. The lowest BCUT2D eigenvalue weighted by atomic mass is 9.81. The number of hydrogen-bond donors (Lipinski definition) is 3. The monoisotopic (exact) mass is 555 g/mol. The molecule has 0 saturated heterocycles. The second kappa shape index (κ2) is 10.9. The van der Waals surface area contributed by atoms with Gasteiger partial charge >= 0.3 is 12.1 Å². The summed E-state index contributed by atoms with van der Waals surface area (Å²) in [6, 6.07) is 4.84. The molecule has 1 heterocycles. The van der Waals surface area contributed by atoms with Crippen LogP contribution in [0.5, 0.6) is 0 Å². The average Bonchev–Trinajstić information content (AvgIpc) is 3.09. The van der Waals surface area contributed by atoms with Gasteiger partial charge in [0.1, 0.15) is 0 Å². The Morgan fingerprint density at radius 1 is 1.16 bits per heavy atom. The Balaban J connectivity index is 1.38. The topological polar surface area (TPSA) is 98.7 Å². The number of rotatable bonds is 6. The Bertz CT molecular complexity index is 1190. The lowest BCUT2D eigenvalue weighted by Crippen LogP contribution is -2.40. The third kappa shape index (κ3) is 6.05. The van der Waals surface area contributed by atoms with Crippen molar-refractivity contribution in [2.45, 2.75) is 44.5 Å². The third-order valence-corrected chi connectivity index (χ3v) is 7.58. The van der Waals surface area contributed by atoms with Crippen molar-refractivity contribution in [3.63, 3.8) is 0 Å². The van der Waals surface area contributed by atoms with E-state index in [2.05, 4.69) is 5.32 Å². The van der Waals surface area contributed by atoms with Gasteiger partial charge in [0, 0.05) is 35.0 Å². The summed E-state index contributed by atoms with van der Waals surface area (Å²) < 4.78 is 37.2. The van der Waals surface area contributed by atoms with Crippen LogP contribution in [0.25, 0.3) is 0 Å². The predicted octanol–water partition coefficient (Wildman–Crippen LogP) is 4.38. The lowest BCUT2D eigenvalue weighted by Gasteiger charge is -2.32. The van der Waals surface area contributed by atoms with Gasteiger partial charge in [-0.25, -0.2) is 0 Å². The molecule has 37 heavy (non-hydrogen) atoms. The highest BCUT2D eigenvalue weighted by Crippen LogP contribution is 2.39. The van der Waals surface area contributed by atoms with Gasteiger partial charge in [0.25, 0.3) is 11.8 Å². The van der Waals surface area contributed by atoms with Crippen LogP contribution < -0.4 is 10.6 Å². The normalized spacial score (nSPS) is 23.8.